The molecular formula is C13H24N2O2S. The van der Waals surface area contributed by atoms with Gasteiger partial charge in [0.2, 0.25) is 0 Å². The summed E-state index contributed by atoms with van der Waals surface area (Å²) in [5.74, 6) is 0. The molecule has 1 aliphatic rings. The molecule has 1 aliphatic heterocycles. The molecule has 1 fully saturated rings. The maximum Gasteiger partial charge on any atom is 0.410 e. The highest BCUT2D eigenvalue weighted by atomic mass is 32.1. The molecule has 0 aliphatic carbocycles. The summed E-state index contributed by atoms with van der Waals surface area (Å²) >= 11 is 5.37. The van der Waals surface area contributed by atoms with Crippen molar-refractivity contribution in [3.63, 3.8) is 0 Å². The second kappa shape index (κ2) is 5.87. The average molecular weight is 272 g/mol. The third-order valence-corrected chi connectivity index (χ3v) is 3.00. The molecule has 1 heterocycles. The number of likely N-dealkylation sites (tertiary alicyclic amines) is 1. The van der Waals surface area contributed by atoms with Crippen LogP contribution in [0, 0.1) is 0 Å². The maximum absolute atomic E-state index is 12.1. The second-order valence-electron chi connectivity index (χ2n) is 6.00. The Morgan fingerprint density at radius 1 is 1.44 bits per heavy atom. The zero-order chi connectivity index (χ0) is 13.9. The van der Waals surface area contributed by atoms with E-state index in [4.69, 9.17) is 17.0 Å². The van der Waals surface area contributed by atoms with E-state index in [0.717, 1.165) is 24.4 Å². The number of carbonyl (C=O) groups is 1. The summed E-state index contributed by atoms with van der Waals surface area (Å²) in [5, 5.41) is 3.21. The van der Waals surface area contributed by atoms with Crippen LogP contribution in [0.1, 0.15) is 47.5 Å². The highest BCUT2D eigenvalue weighted by molar-refractivity contribution is 7.80. The minimum absolute atomic E-state index is 0.0164. The summed E-state index contributed by atoms with van der Waals surface area (Å²) < 4.78 is 5.41. The Hall–Kier alpha value is -0.840. The lowest BCUT2D eigenvalue weighted by molar-refractivity contribution is 0.0265. The van der Waals surface area contributed by atoms with Crippen LogP contribution in [-0.2, 0) is 4.74 Å². The molecule has 0 aromatic heterocycles. The highest BCUT2D eigenvalue weighted by Crippen LogP contribution is 2.21. The number of thiocarbonyl (C=S) groups is 1. The quantitative estimate of drug-likeness (QED) is 0.785. The number of hydrogen-bond acceptors (Lipinski definition) is 3. The van der Waals surface area contributed by atoms with Crippen LogP contribution in [0.5, 0.6) is 0 Å². The van der Waals surface area contributed by atoms with E-state index < -0.39 is 5.60 Å². The Morgan fingerprint density at radius 2 is 2.06 bits per heavy atom. The first-order valence-corrected chi connectivity index (χ1v) is 6.91. The van der Waals surface area contributed by atoms with E-state index in [1.165, 1.54) is 0 Å². The van der Waals surface area contributed by atoms with Gasteiger partial charge in [-0.25, -0.2) is 4.79 Å². The summed E-state index contributed by atoms with van der Waals surface area (Å²) in [7, 11) is 0. The molecule has 0 bridgehead atoms. The van der Waals surface area contributed by atoms with Crippen LogP contribution in [0.4, 0.5) is 4.79 Å². The molecule has 104 valence electrons. The van der Waals surface area contributed by atoms with Crippen molar-refractivity contribution in [1.29, 1.82) is 0 Å². The molecule has 0 unspecified atom stereocenters. The minimum Gasteiger partial charge on any atom is -0.444 e. The molecule has 1 rings (SSSR count). The van der Waals surface area contributed by atoms with Crippen LogP contribution in [0.25, 0.3) is 0 Å². The van der Waals surface area contributed by atoms with Gasteiger partial charge in [-0.2, -0.15) is 0 Å². The normalized spacial score (nSPS) is 20.1. The molecule has 4 nitrogen and oxygen atoms in total. The Labute approximate surface area is 115 Å². The van der Waals surface area contributed by atoms with Crippen LogP contribution < -0.4 is 5.32 Å². The van der Waals surface area contributed by atoms with E-state index in [9.17, 15) is 4.79 Å². The molecule has 0 saturated carbocycles. The van der Waals surface area contributed by atoms with Crippen LogP contribution in [0.2, 0.25) is 0 Å². The second-order valence-corrected chi connectivity index (χ2v) is 6.43. The van der Waals surface area contributed by atoms with Crippen LogP contribution in [0.15, 0.2) is 0 Å². The average Bonchev–Trinajstić information content (AvgIpc) is 2.61. The Morgan fingerprint density at radius 3 is 2.56 bits per heavy atom. The van der Waals surface area contributed by atoms with Crippen molar-refractivity contribution >= 4 is 23.3 Å². The molecular weight excluding hydrogens is 248 g/mol. The lowest BCUT2D eigenvalue weighted by Crippen LogP contribution is -2.48. The first-order valence-electron chi connectivity index (χ1n) is 6.50. The van der Waals surface area contributed by atoms with Gasteiger partial charge in [0.25, 0.3) is 0 Å². The molecule has 1 amide bonds. The number of carbonyl (C=O) groups excluding carboxylic acids is 1. The first-order chi connectivity index (χ1) is 8.20. The lowest BCUT2D eigenvalue weighted by atomic mass is 10.2. The van der Waals surface area contributed by atoms with E-state index in [2.05, 4.69) is 5.32 Å². The summed E-state index contributed by atoms with van der Waals surface area (Å²) in [5.41, 5.74) is -0.461. The number of hydrogen-bond donors (Lipinski definition) is 1. The topological polar surface area (TPSA) is 41.6 Å². The van der Waals surface area contributed by atoms with E-state index >= 15 is 0 Å². The van der Waals surface area contributed by atoms with Crippen molar-refractivity contribution in [1.82, 2.24) is 10.2 Å². The fourth-order valence-electron chi connectivity index (χ4n) is 1.96. The van der Waals surface area contributed by atoms with E-state index in [1.807, 2.05) is 34.6 Å². The van der Waals surface area contributed by atoms with Gasteiger partial charge in [-0.3, -0.25) is 4.90 Å². The van der Waals surface area contributed by atoms with Crippen molar-refractivity contribution in [2.45, 2.75) is 65.1 Å². The van der Waals surface area contributed by atoms with Gasteiger partial charge < -0.3 is 10.1 Å². The molecule has 0 aromatic rings. The molecule has 0 spiro atoms. The van der Waals surface area contributed by atoms with Crippen LogP contribution >= 0.6 is 12.2 Å². The van der Waals surface area contributed by atoms with Crippen LogP contribution in [0.3, 0.4) is 0 Å². The van der Waals surface area contributed by atoms with Gasteiger partial charge in [0.1, 0.15) is 5.60 Å². The van der Waals surface area contributed by atoms with Gasteiger partial charge in [-0.05, 0) is 47.5 Å². The predicted octanol–water partition coefficient (Wildman–Crippen LogP) is 2.71. The van der Waals surface area contributed by atoms with Crippen molar-refractivity contribution < 1.29 is 9.53 Å². The van der Waals surface area contributed by atoms with Gasteiger partial charge in [-0.1, -0.05) is 12.2 Å². The SMILES string of the molecule is CC(C)NC(=S)[C@@H]1CCCN1C(=O)OC(C)(C)C. The first kappa shape index (κ1) is 15.2. The maximum atomic E-state index is 12.1. The fourth-order valence-corrected chi connectivity index (χ4v) is 2.44. The Kier molecular flexibility index (Phi) is 4.96. The number of nitrogens with one attached hydrogen (secondary N) is 1. The fraction of sp³-hybridized carbons (Fsp3) is 0.846. The van der Waals surface area contributed by atoms with E-state index in [1.54, 1.807) is 4.90 Å². The molecule has 0 aromatic carbocycles. The van der Waals surface area contributed by atoms with Gasteiger partial charge in [0, 0.05) is 12.6 Å². The Bertz CT molecular complexity index is 323. The summed E-state index contributed by atoms with van der Waals surface area (Å²) in [6, 6.07) is 0.274. The Balaban J connectivity index is 2.64. The van der Waals surface area contributed by atoms with Crippen molar-refractivity contribution in [2.75, 3.05) is 6.54 Å². The van der Waals surface area contributed by atoms with Crippen molar-refractivity contribution in [3.8, 4) is 0 Å². The van der Waals surface area contributed by atoms with Gasteiger partial charge in [0.05, 0.1) is 11.0 Å². The number of nitrogens with zero attached hydrogens (tertiary/aromatic N) is 1. The molecule has 1 atom stereocenters. The molecule has 1 saturated heterocycles. The zero-order valence-electron chi connectivity index (χ0n) is 11.9. The van der Waals surface area contributed by atoms with E-state index in [-0.39, 0.29) is 12.1 Å². The highest BCUT2D eigenvalue weighted by Gasteiger charge is 2.34. The molecule has 18 heavy (non-hydrogen) atoms. The molecule has 0 radical (unpaired) electrons. The number of ether oxygens (including phenoxy) is 1. The third kappa shape index (κ3) is 4.44. The molecule has 5 heteroatoms. The van der Waals surface area contributed by atoms with Gasteiger partial charge in [0.15, 0.2) is 0 Å². The molecule has 1 N–H and O–H groups in total. The number of rotatable bonds is 2. The number of amides is 1. The monoisotopic (exact) mass is 272 g/mol. The lowest BCUT2D eigenvalue weighted by Gasteiger charge is -2.29. The minimum atomic E-state index is -0.461. The summed E-state index contributed by atoms with van der Waals surface area (Å²) in [6.07, 6.45) is 1.62. The largest absolute Gasteiger partial charge is 0.444 e. The summed E-state index contributed by atoms with van der Waals surface area (Å²) in [6.45, 7) is 10.4. The standard InChI is InChI=1S/C13H24N2O2S/c1-9(2)14-11(18)10-7-6-8-15(10)12(16)17-13(3,4)5/h9-10H,6-8H2,1-5H3,(H,14,18)/t10-/m0/s1. The van der Waals surface area contributed by atoms with Crippen molar-refractivity contribution in [2.24, 2.45) is 0 Å². The third-order valence-electron chi connectivity index (χ3n) is 2.61. The van der Waals surface area contributed by atoms with Crippen molar-refractivity contribution in [3.05, 3.63) is 0 Å². The van der Waals surface area contributed by atoms with Gasteiger partial charge >= 0.3 is 6.09 Å². The van der Waals surface area contributed by atoms with E-state index in [0.29, 0.717) is 6.04 Å². The van der Waals surface area contributed by atoms with Crippen LogP contribution in [-0.4, -0.2) is 40.2 Å². The van der Waals surface area contributed by atoms with Gasteiger partial charge in [-0.15, -0.1) is 0 Å². The summed E-state index contributed by atoms with van der Waals surface area (Å²) in [4.78, 5) is 14.6. The zero-order valence-corrected chi connectivity index (χ0v) is 12.8. The predicted molar refractivity (Wildman–Crippen MR) is 76.8 cm³/mol. The smallest absolute Gasteiger partial charge is 0.410 e.